The number of hydrogen-bond donors (Lipinski definition) is 0. The summed E-state index contributed by atoms with van der Waals surface area (Å²) in [5.74, 6) is 1.67. The molecule has 0 aliphatic heterocycles. The van der Waals surface area contributed by atoms with Crippen LogP contribution in [0.4, 0.5) is 0 Å². The number of aryl methyl sites for hydroxylation is 1. The highest BCUT2D eigenvalue weighted by Crippen LogP contribution is 2.24. The van der Waals surface area contributed by atoms with Crippen LogP contribution in [0.5, 0.6) is 5.75 Å². The Labute approximate surface area is 99.2 Å². The van der Waals surface area contributed by atoms with E-state index in [-0.39, 0.29) is 5.78 Å². The second kappa shape index (κ2) is 4.41. The highest BCUT2D eigenvalue weighted by Gasteiger charge is 2.14. The van der Waals surface area contributed by atoms with Crippen molar-refractivity contribution in [3.05, 3.63) is 35.7 Å². The molecule has 0 N–H and O–H groups in total. The SMILES string of the molecule is COc1ccc(-c2nc(C(C)=O)c(C)o2)cc1. The number of ketones is 1. The summed E-state index contributed by atoms with van der Waals surface area (Å²) in [5.41, 5.74) is 1.21. The lowest BCUT2D eigenvalue weighted by molar-refractivity contribution is 0.101. The molecule has 0 amide bonds. The predicted octanol–water partition coefficient (Wildman–Crippen LogP) is 2.86. The van der Waals surface area contributed by atoms with E-state index in [2.05, 4.69) is 4.98 Å². The molecule has 0 fully saturated rings. The van der Waals surface area contributed by atoms with E-state index in [1.807, 2.05) is 24.3 Å². The summed E-state index contributed by atoms with van der Waals surface area (Å²) in [7, 11) is 1.61. The van der Waals surface area contributed by atoms with E-state index >= 15 is 0 Å². The van der Waals surface area contributed by atoms with Crippen LogP contribution in [0.2, 0.25) is 0 Å². The monoisotopic (exact) mass is 231 g/mol. The topological polar surface area (TPSA) is 52.3 Å². The zero-order valence-electron chi connectivity index (χ0n) is 9.98. The quantitative estimate of drug-likeness (QED) is 0.762. The zero-order valence-corrected chi connectivity index (χ0v) is 9.98. The summed E-state index contributed by atoms with van der Waals surface area (Å²) in [6, 6.07) is 7.33. The molecule has 1 heterocycles. The van der Waals surface area contributed by atoms with Gasteiger partial charge in [0.25, 0.3) is 0 Å². The van der Waals surface area contributed by atoms with Gasteiger partial charge in [-0.15, -0.1) is 0 Å². The molecular weight excluding hydrogens is 218 g/mol. The van der Waals surface area contributed by atoms with Crippen LogP contribution in [0.15, 0.2) is 28.7 Å². The first kappa shape index (κ1) is 11.4. The van der Waals surface area contributed by atoms with Gasteiger partial charge in [-0.05, 0) is 31.2 Å². The van der Waals surface area contributed by atoms with Gasteiger partial charge < -0.3 is 9.15 Å². The first-order valence-corrected chi connectivity index (χ1v) is 5.24. The molecule has 0 saturated heterocycles. The van der Waals surface area contributed by atoms with E-state index < -0.39 is 0 Å². The van der Waals surface area contributed by atoms with Crippen LogP contribution in [0.1, 0.15) is 23.2 Å². The third-order valence-electron chi connectivity index (χ3n) is 2.47. The minimum atomic E-state index is -0.0917. The van der Waals surface area contributed by atoms with Crippen molar-refractivity contribution in [2.24, 2.45) is 0 Å². The first-order valence-electron chi connectivity index (χ1n) is 5.24. The van der Waals surface area contributed by atoms with Crippen molar-refractivity contribution >= 4 is 5.78 Å². The third-order valence-corrected chi connectivity index (χ3v) is 2.47. The van der Waals surface area contributed by atoms with Gasteiger partial charge >= 0.3 is 0 Å². The number of aromatic nitrogens is 1. The lowest BCUT2D eigenvalue weighted by atomic mass is 10.2. The standard InChI is InChI=1S/C13H13NO3/c1-8(15)12-9(2)17-13(14-12)10-4-6-11(16-3)7-5-10/h4-7H,1-3H3. The number of benzene rings is 1. The summed E-state index contributed by atoms with van der Waals surface area (Å²) in [6.07, 6.45) is 0. The van der Waals surface area contributed by atoms with Gasteiger partial charge in [0, 0.05) is 12.5 Å². The minimum absolute atomic E-state index is 0.0917. The number of ether oxygens (including phenoxy) is 1. The van der Waals surface area contributed by atoms with Crippen LogP contribution in [0, 0.1) is 6.92 Å². The lowest BCUT2D eigenvalue weighted by Gasteiger charge is -1.99. The van der Waals surface area contributed by atoms with Crippen LogP contribution < -0.4 is 4.74 Å². The van der Waals surface area contributed by atoms with Crippen LogP contribution in [-0.4, -0.2) is 17.9 Å². The minimum Gasteiger partial charge on any atom is -0.497 e. The molecule has 1 aromatic heterocycles. The molecule has 0 saturated carbocycles. The fourth-order valence-corrected chi connectivity index (χ4v) is 1.58. The van der Waals surface area contributed by atoms with Crippen LogP contribution >= 0.6 is 0 Å². The molecule has 0 radical (unpaired) electrons. The number of methoxy groups -OCH3 is 1. The average Bonchev–Trinajstić information content (AvgIpc) is 2.71. The third kappa shape index (κ3) is 2.20. The molecule has 0 bridgehead atoms. The number of rotatable bonds is 3. The summed E-state index contributed by atoms with van der Waals surface area (Å²) < 4.78 is 10.5. The molecule has 0 aliphatic rings. The molecule has 0 atom stereocenters. The molecule has 4 nitrogen and oxygen atoms in total. The lowest BCUT2D eigenvalue weighted by Crippen LogP contribution is -1.94. The maximum absolute atomic E-state index is 11.3. The molecule has 17 heavy (non-hydrogen) atoms. The van der Waals surface area contributed by atoms with E-state index in [0.29, 0.717) is 17.3 Å². The molecule has 88 valence electrons. The molecule has 2 rings (SSSR count). The first-order chi connectivity index (χ1) is 8.11. The molecule has 2 aromatic rings. The van der Waals surface area contributed by atoms with Gasteiger partial charge in [-0.2, -0.15) is 0 Å². The maximum atomic E-state index is 11.3. The molecule has 0 spiro atoms. The molecule has 1 aromatic carbocycles. The Morgan fingerprint density at radius 1 is 1.29 bits per heavy atom. The van der Waals surface area contributed by atoms with E-state index in [9.17, 15) is 4.79 Å². The number of carbonyl (C=O) groups is 1. The van der Waals surface area contributed by atoms with E-state index in [1.54, 1.807) is 14.0 Å². The summed E-state index contributed by atoms with van der Waals surface area (Å²) >= 11 is 0. The van der Waals surface area contributed by atoms with Gasteiger partial charge in [0.1, 0.15) is 17.2 Å². The predicted molar refractivity (Wildman–Crippen MR) is 63.2 cm³/mol. The number of hydrogen-bond acceptors (Lipinski definition) is 4. The zero-order chi connectivity index (χ0) is 12.4. The van der Waals surface area contributed by atoms with E-state index in [0.717, 1.165) is 11.3 Å². The van der Waals surface area contributed by atoms with Crippen molar-refractivity contribution in [1.29, 1.82) is 0 Å². The summed E-state index contributed by atoms with van der Waals surface area (Å²) in [4.78, 5) is 15.4. The van der Waals surface area contributed by atoms with Gasteiger partial charge in [0.2, 0.25) is 5.89 Å². The second-order valence-electron chi connectivity index (χ2n) is 3.71. The number of nitrogens with zero attached hydrogens (tertiary/aromatic N) is 1. The average molecular weight is 231 g/mol. The van der Waals surface area contributed by atoms with Crippen LogP contribution in [0.25, 0.3) is 11.5 Å². The van der Waals surface area contributed by atoms with Crippen molar-refractivity contribution in [1.82, 2.24) is 4.98 Å². The maximum Gasteiger partial charge on any atom is 0.226 e. The Bertz CT molecular complexity index is 540. The fourth-order valence-electron chi connectivity index (χ4n) is 1.58. The molecule has 0 aliphatic carbocycles. The van der Waals surface area contributed by atoms with Gasteiger partial charge in [0.05, 0.1) is 7.11 Å². The van der Waals surface area contributed by atoms with Crippen molar-refractivity contribution in [2.75, 3.05) is 7.11 Å². The Hall–Kier alpha value is -2.10. The molecule has 4 heteroatoms. The number of Topliss-reactive ketones (excluding diaryl/α,β-unsaturated/α-hetero) is 1. The van der Waals surface area contributed by atoms with Crippen molar-refractivity contribution < 1.29 is 13.9 Å². The Balaban J connectivity index is 2.39. The van der Waals surface area contributed by atoms with Crippen molar-refractivity contribution in [2.45, 2.75) is 13.8 Å². The van der Waals surface area contributed by atoms with Crippen LogP contribution in [0.3, 0.4) is 0 Å². The van der Waals surface area contributed by atoms with Crippen molar-refractivity contribution in [3.63, 3.8) is 0 Å². The Morgan fingerprint density at radius 2 is 1.94 bits per heavy atom. The van der Waals surface area contributed by atoms with E-state index in [4.69, 9.17) is 9.15 Å². The Kier molecular flexibility index (Phi) is 2.95. The molecular formula is C13H13NO3. The normalized spacial score (nSPS) is 10.3. The summed E-state index contributed by atoms with van der Waals surface area (Å²) in [5, 5.41) is 0. The smallest absolute Gasteiger partial charge is 0.226 e. The summed E-state index contributed by atoms with van der Waals surface area (Å²) in [6.45, 7) is 3.21. The number of oxazole rings is 1. The highest BCUT2D eigenvalue weighted by atomic mass is 16.5. The number of carbonyl (C=O) groups excluding carboxylic acids is 1. The van der Waals surface area contributed by atoms with Crippen LogP contribution in [-0.2, 0) is 0 Å². The van der Waals surface area contributed by atoms with Gasteiger partial charge in [-0.25, -0.2) is 4.98 Å². The second-order valence-corrected chi connectivity index (χ2v) is 3.71. The van der Waals surface area contributed by atoms with E-state index in [1.165, 1.54) is 6.92 Å². The Morgan fingerprint density at radius 3 is 2.41 bits per heavy atom. The largest absolute Gasteiger partial charge is 0.497 e. The molecule has 0 unspecified atom stereocenters. The van der Waals surface area contributed by atoms with Gasteiger partial charge in [-0.1, -0.05) is 0 Å². The van der Waals surface area contributed by atoms with Crippen molar-refractivity contribution in [3.8, 4) is 17.2 Å². The fraction of sp³-hybridized carbons (Fsp3) is 0.231. The van der Waals surface area contributed by atoms with Gasteiger partial charge in [0.15, 0.2) is 5.78 Å². The highest BCUT2D eigenvalue weighted by molar-refractivity contribution is 5.93. The van der Waals surface area contributed by atoms with Gasteiger partial charge in [-0.3, -0.25) is 4.79 Å².